The molecule has 6 unspecified atom stereocenters. The van der Waals surface area contributed by atoms with Gasteiger partial charge in [-0.3, -0.25) is 0 Å². The van der Waals surface area contributed by atoms with E-state index in [4.69, 9.17) is 9.47 Å². The Morgan fingerprint density at radius 2 is 1.15 bits per heavy atom. The fraction of sp³-hybridized carbons (Fsp3) is 1.00. The van der Waals surface area contributed by atoms with Crippen molar-refractivity contribution in [3.63, 3.8) is 0 Å². The lowest BCUT2D eigenvalue weighted by Crippen LogP contribution is -2.40. The minimum Gasteiger partial charge on any atom is -0.365 e. The molecule has 4 aliphatic rings. The van der Waals surface area contributed by atoms with Gasteiger partial charge in [-0.25, -0.2) is 0 Å². The number of ether oxygens (including phenoxy) is 2. The second-order valence-corrected chi connectivity index (χ2v) is 8.41. The summed E-state index contributed by atoms with van der Waals surface area (Å²) in [6.45, 7) is 9.37. The molecule has 0 radical (unpaired) electrons. The Morgan fingerprint density at radius 1 is 0.750 bits per heavy atom. The maximum absolute atomic E-state index is 6.30. The summed E-state index contributed by atoms with van der Waals surface area (Å²) in [5, 5.41) is 0. The van der Waals surface area contributed by atoms with Crippen molar-refractivity contribution >= 4 is 0 Å². The maximum Gasteiger partial charge on any atom is 0.0974 e. The highest BCUT2D eigenvalue weighted by molar-refractivity contribution is 5.17. The molecule has 2 saturated carbocycles. The molecule has 2 heteroatoms. The molecule has 6 atom stereocenters. The Kier molecular flexibility index (Phi) is 2.87. The average molecular weight is 278 g/mol. The average Bonchev–Trinajstić information content (AvgIpc) is 3.29. The van der Waals surface area contributed by atoms with Crippen LogP contribution in [0.4, 0.5) is 0 Å². The van der Waals surface area contributed by atoms with Crippen molar-refractivity contribution in [1.82, 2.24) is 0 Å². The number of hydrogen-bond donors (Lipinski definition) is 0. The smallest absolute Gasteiger partial charge is 0.0974 e. The lowest BCUT2D eigenvalue weighted by Gasteiger charge is -2.35. The van der Waals surface area contributed by atoms with Crippen molar-refractivity contribution in [2.24, 2.45) is 23.7 Å². The summed E-state index contributed by atoms with van der Waals surface area (Å²) >= 11 is 0. The molecule has 0 spiro atoms. The normalized spacial score (nSPS) is 53.7. The van der Waals surface area contributed by atoms with E-state index in [0.717, 1.165) is 11.8 Å². The third kappa shape index (κ3) is 1.64. The lowest BCUT2D eigenvalue weighted by molar-refractivity contribution is 0.175. The summed E-state index contributed by atoms with van der Waals surface area (Å²) in [6.07, 6.45) is 9.14. The monoisotopic (exact) mass is 278 g/mol. The van der Waals surface area contributed by atoms with E-state index >= 15 is 0 Å². The molecule has 2 saturated heterocycles. The van der Waals surface area contributed by atoms with Gasteiger partial charge in [0, 0.05) is 0 Å². The molecule has 0 amide bonds. The Hall–Kier alpha value is -0.0800. The van der Waals surface area contributed by atoms with Gasteiger partial charge in [-0.1, -0.05) is 40.5 Å². The van der Waals surface area contributed by atoms with Gasteiger partial charge in [0.05, 0.1) is 23.4 Å². The van der Waals surface area contributed by atoms with E-state index in [9.17, 15) is 0 Å². The summed E-state index contributed by atoms with van der Waals surface area (Å²) in [6, 6.07) is 0. The molecule has 0 aromatic rings. The predicted octanol–water partition coefficient (Wildman–Crippen LogP) is 4.17. The van der Waals surface area contributed by atoms with E-state index in [0.29, 0.717) is 24.0 Å². The third-order valence-corrected chi connectivity index (χ3v) is 7.03. The van der Waals surface area contributed by atoms with E-state index < -0.39 is 0 Å². The van der Waals surface area contributed by atoms with Gasteiger partial charge in [-0.15, -0.1) is 0 Å². The molecule has 4 fully saturated rings. The maximum atomic E-state index is 6.30. The molecule has 20 heavy (non-hydrogen) atoms. The summed E-state index contributed by atoms with van der Waals surface area (Å²) in [7, 11) is 0. The first-order chi connectivity index (χ1) is 9.51. The van der Waals surface area contributed by atoms with E-state index in [2.05, 4.69) is 27.7 Å². The topological polar surface area (TPSA) is 25.1 Å². The van der Waals surface area contributed by atoms with Crippen molar-refractivity contribution in [3.05, 3.63) is 0 Å². The summed E-state index contributed by atoms with van der Waals surface area (Å²) in [4.78, 5) is 0. The first-order valence-corrected chi connectivity index (χ1v) is 8.87. The summed E-state index contributed by atoms with van der Waals surface area (Å²) in [5.41, 5.74) is 0.492. The van der Waals surface area contributed by atoms with Crippen LogP contribution >= 0.6 is 0 Å². The van der Waals surface area contributed by atoms with E-state index in [1.807, 2.05) is 0 Å². The summed E-state index contributed by atoms with van der Waals surface area (Å²) < 4.78 is 12.6. The Morgan fingerprint density at radius 3 is 1.50 bits per heavy atom. The van der Waals surface area contributed by atoms with E-state index in [-0.39, 0.29) is 11.2 Å². The fourth-order valence-electron chi connectivity index (χ4n) is 5.62. The molecular formula is C18H30O2. The van der Waals surface area contributed by atoms with Crippen molar-refractivity contribution < 1.29 is 9.47 Å². The molecular weight excluding hydrogens is 248 g/mol. The molecule has 2 heterocycles. The van der Waals surface area contributed by atoms with Gasteiger partial charge in [-0.2, -0.15) is 0 Å². The molecule has 0 aromatic carbocycles. The van der Waals surface area contributed by atoms with Crippen LogP contribution in [0.3, 0.4) is 0 Å². The van der Waals surface area contributed by atoms with Crippen LogP contribution in [0, 0.1) is 23.7 Å². The van der Waals surface area contributed by atoms with Gasteiger partial charge in [0.1, 0.15) is 0 Å². The van der Waals surface area contributed by atoms with Crippen LogP contribution < -0.4 is 0 Å². The predicted molar refractivity (Wildman–Crippen MR) is 79.6 cm³/mol. The van der Waals surface area contributed by atoms with Crippen LogP contribution in [0.15, 0.2) is 0 Å². The molecule has 0 N–H and O–H groups in total. The number of fused-ring (bicyclic) bond motifs is 2. The van der Waals surface area contributed by atoms with Crippen LogP contribution in [0.1, 0.15) is 66.2 Å². The Bertz CT molecular complexity index is 366. The van der Waals surface area contributed by atoms with Gasteiger partial charge < -0.3 is 9.47 Å². The van der Waals surface area contributed by atoms with Crippen molar-refractivity contribution in [2.45, 2.75) is 89.6 Å². The largest absolute Gasteiger partial charge is 0.365 e. The van der Waals surface area contributed by atoms with Gasteiger partial charge >= 0.3 is 0 Å². The minimum atomic E-state index is 0.246. The van der Waals surface area contributed by atoms with Gasteiger partial charge in [0.15, 0.2) is 0 Å². The molecule has 2 nitrogen and oxygen atoms in total. The Balaban J connectivity index is 1.52. The van der Waals surface area contributed by atoms with Crippen LogP contribution in [-0.2, 0) is 9.47 Å². The highest BCUT2D eigenvalue weighted by Gasteiger charge is 2.69. The quantitative estimate of drug-likeness (QED) is 0.724. The lowest BCUT2D eigenvalue weighted by atomic mass is 9.65. The van der Waals surface area contributed by atoms with Gasteiger partial charge in [0.25, 0.3) is 0 Å². The van der Waals surface area contributed by atoms with Crippen molar-refractivity contribution in [3.8, 4) is 0 Å². The van der Waals surface area contributed by atoms with E-state index in [1.165, 1.54) is 38.5 Å². The molecule has 2 aliphatic carbocycles. The van der Waals surface area contributed by atoms with Gasteiger partial charge in [-0.05, 0) is 49.4 Å². The van der Waals surface area contributed by atoms with Crippen LogP contribution in [-0.4, -0.2) is 23.4 Å². The minimum absolute atomic E-state index is 0.246. The molecule has 114 valence electrons. The molecule has 0 bridgehead atoms. The first-order valence-electron chi connectivity index (χ1n) is 8.87. The molecule has 0 aromatic heterocycles. The molecule has 2 aliphatic heterocycles. The first kappa shape index (κ1) is 13.6. The standard InChI is InChI=1S/C18H30O2/c1-11(2)17-9-5-7-13(15(17)19-17)14-8-6-10-18(12(3)4)16(14)20-18/h11-16H,5-10H2,1-4H3. The van der Waals surface area contributed by atoms with Crippen LogP contribution in [0.25, 0.3) is 0 Å². The number of rotatable bonds is 3. The Labute approximate surface area is 123 Å². The second kappa shape index (κ2) is 4.23. The van der Waals surface area contributed by atoms with Crippen LogP contribution in [0.5, 0.6) is 0 Å². The number of hydrogen-bond acceptors (Lipinski definition) is 2. The highest BCUT2D eigenvalue weighted by atomic mass is 16.6. The summed E-state index contributed by atoms with van der Waals surface area (Å²) in [5.74, 6) is 2.90. The van der Waals surface area contributed by atoms with Gasteiger partial charge in [0.2, 0.25) is 0 Å². The zero-order valence-corrected chi connectivity index (χ0v) is 13.5. The number of epoxide rings is 2. The van der Waals surface area contributed by atoms with E-state index in [1.54, 1.807) is 0 Å². The molecule has 4 rings (SSSR count). The zero-order chi connectivity index (χ0) is 14.1. The zero-order valence-electron chi connectivity index (χ0n) is 13.5. The van der Waals surface area contributed by atoms with Crippen molar-refractivity contribution in [1.29, 1.82) is 0 Å². The van der Waals surface area contributed by atoms with Crippen LogP contribution in [0.2, 0.25) is 0 Å². The second-order valence-electron chi connectivity index (χ2n) is 8.41. The highest BCUT2D eigenvalue weighted by Crippen LogP contribution is 2.63. The third-order valence-electron chi connectivity index (χ3n) is 7.03. The SMILES string of the molecule is CC(C)C12CCCC(C3CCCC4(C(C)C)OC34)C1O2. The fourth-order valence-corrected chi connectivity index (χ4v) is 5.62. The van der Waals surface area contributed by atoms with Crippen molar-refractivity contribution in [2.75, 3.05) is 0 Å².